The van der Waals surface area contributed by atoms with Crippen molar-refractivity contribution in [2.75, 3.05) is 10.0 Å². The van der Waals surface area contributed by atoms with Gasteiger partial charge in [0.25, 0.3) is 15.9 Å². The minimum atomic E-state index is -3.75. The number of sulfonamides is 1. The number of nitrogens with zero attached hydrogens (tertiary/aromatic N) is 1. The lowest BCUT2D eigenvalue weighted by Gasteiger charge is -2.10. The topological polar surface area (TPSA) is 88.2 Å². The van der Waals surface area contributed by atoms with Gasteiger partial charge >= 0.3 is 0 Å². The van der Waals surface area contributed by atoms with E-state index in [2.05, 4.69) is 31.0 Å². The van der Waals surface area contributed by atoms with Gasteiger partial charge in [0.05, 0.1) is 19.3 Å². The lowest BCUT2D eigenvalue weighted by Crippen LogP contribution is -2.15. The lowest BCUT2D eigenvalue weighted by atomic mass is 10.2. The number of aromatic nitrogens is 1. The number of anilines is 2. The van der Waals surface area contributed by atoms with Crippen molar-refractivity contribution in [3.05, 3.63) is 81.0 Å². The maximum atomic E-state index is 12.7. The summed E-state index contributed by atoms with van der Waals surface area (Å²) in [5.41, 5.74) is 2.38. The van der Waals surface area contributed by atoms with Crippen LogP contribution in [-0.4, -0.2) is 19.3 Å². The number of carbonyl (C=O) groups excluding carboxylic acids is 1. The molecule has 0 aliphatic rings. The third kappa shape index (κ3) is 5.21. The van der Waals surface area contributed by atoms with Crippen molar-refractivity contribution in [2.45, 2.75) is 11.8 Å². The van der Waals surface area contributed by atoms with Gasteiger partial charge in [0.2, 0.25) is 0 Å². The monoisotopic (exact) mass is 533 g/mol. The maximum absolute atomic E-state index is 12.7. The van der Waals surface area contributed by atoms with Gasteiger partial charge in [-0.25, -0.2) is 13.4 Å². The quantitative estimate of drug-likeness (QED) is 0.318. The molecule has 0 atom stereocenters. The zero-order valence-corrected chi connectivity index (χ0v) is 20.2. The van der Waals surface area contributed by atoms with Gasteiger partial charge in [-0.05, 0) is 65.3 Å². The zero-order chi connectivity index (χ0) is 22.0. The summed E-state index contributed by atoms with van der Waals surface area (Å²) < 4.78 is 28.7. The van der Waals surface area contributed by atoms with E-state index in [4.69, 9.17) is 0 Å². The minimum Gasteiger partial charge on any atom is -0.298 e. The number of halogens is 1. The molecule has 31 heavy (non-hydrogen) atoms. The van der Waals surface area contributed by atoms with Gasteiger partial charge in [0.1, 0.15) is 0 Å². The molecule has 0 radical (unpaired) electrons. The number of nitrogens with one attached hydrogen (secondary N) is 2. The average molecular weight is 534 g/mol. The van der Waals surface area contributed by atoms with Crippen LogP contribution in [0.3, 0.4) is 0 Å². The Hall–Kier alpha value is -2.53. The third-order valence-electron chi connectivity index (χ3n) is 4.26. The largest absolute Gasteiger partial charge is 0.298 e. The molecule has 1 amide bonds. The van der Waals surface area contributed by atoms with E-state index >= 15 is 0 Å². The van der Waals surface area contributed by atoms with E-state index in [0.717, 1.165) is 19.9 Å². The minimum absolute atomic E-state index is 0.156. The molecule has 0 saturated carbocycles. The van der Waals surface area contributed by atoms with Crippen LogP contribution in [0.5, 0.6) is 0 Å². The van der Waals surface area contributed by atoms with Crippen LogP contribution >= 0.6 is 38.6 Å². The summed E-state index contributed by atoms with van der Waals surface area (Å²) in [7, 11) is -3.75. The molecule has 10 heteroatoms. The molecule has 2 heterocycles. The van der Waals surface area contributed by atoms with Crippen LogP contribution in [0.2, 0.25) is 0 Å². The summed E-state index contributed by atoms with van der Waals surface area (Å²) in [5, 5.41) is 5.11. The predicted molar refractivity (Wildman–Crippen MR) is 130 cm³/mol. The second kappa shape index (κ2) is 8.91. The number of aryl methyl sites for hydroxylation is 1. The van der Waals surface area contributed by atoms with Crippen molar-refractivity contribution in [3.8, 4) is 10.6 Å². The fourth-order valence-corrected chi connectivity index (χ4v) is 5.90. The number of rotatable bonds is 6. The van der Waals surface area contributed by atoms with Crippen molar-refractivity contribution in [2.24, 2.45) is 0 Å². The molecule has 6 nitrogen and oxygen atoms in total. The highest BCUT2D eigenvalue weighted by molar-refractivity contribution is 9.11. The molecule has 0 fully saturated rings. The molecular formula is C21H16BrN3O3S3. The van der Waals surface area contributed by atoms with Crippen LogP contribution in [0.1, 0.15) is 15.9 Å². The maximum Gasteiger partial charge on any atom is 0.261 e. The number of thiophene rings is 1. The van der Waals surface area contributed by atoms with Crippen LogP contribution in [0.4, 0.5) is 10.8 Å². The number of hydrogen-bond donors (Lipinski definition) is 2. The number of carbonyl (C=O) groups is 1. The third-order valence-corrected chi connectivity index (χ3v) is 8.06. The molecular weight excluding hydrogens is 518 g/mol. The molecule has 4 rings (SSSR count). The summed E-state index contributed by atoms with van der Waals surface area (Å²) in [6, 6.07) is 16.8. The van der Waals surface area contributed by atoms with Crippen LogP contribution in [-0.2, 0) is 10.0 Å². The zero-order valence-electron chi connectivity index (χ0n) is 16.1. The Kier molecular flexibility index (Phi) is 6.24. The van der Waals surface area contributed by atoms with Gasteiger partial charge in [-0.15, -0.1) is 22.7 Å². The van der Waals surface area contributed by atoms with Crippen molar-refractivity contribution in [3.63, 3.8) is 0 Å². The standard InChI is InChI=1S/C21H16BrN3O3S3/c1-13-5-7-16(8-6-13)31(27,28)25-15-4-2-3-14(11-15)20(26)24-21-23-17(12-29-21)18-9-10-19(22)30-18/h2-12,25H,1H3,(H,23,24,26). The Labute approximate surface area is 196 Å². The molecule has 0 saturated heterocycles. The number of hydrogen-bond acceptors (Lipinski definition) is 6. The van der Waals surface area contributed by atoms with Crippen LogP contribution in [0, 0.1) is 6.92 Å². The highest BCUT2D eigenvalue weighted by atomic mass is 79.9. The number of benzene rings is 2. The van der Waals surface area contributed by atoms with E-state index < -0.39 is 10.0 Å². The van der Waals surface area contributed by atoms with Gasteiger partial charge in [0, 0.05) is 16.6 Å². The van der Waals surface area contributed by atoms with Gasteiger partial charge in [-0.3, -0.25) is 14.8 Å². The van der Waals surface area contributed by atoms with E-state index in [0.29, 0.717) is 16.4 Å². The highest BCUT2D eigenvalue weighted by Gasteiger charge is 2.16. The van der Waals surface area contributed by atoms with Crippen molar-refractivity contribution < 1.29 is 13.2 Å². The van der Waals surface area contributed by atoms with Crippen molar-refractivity contribution >= 4 is 65.4 Å². The fraction of sp³-hybridized carbons (Fsp3) is 0.0476. The summed E-state index contributed by atoms with van der Waals surface area (Å²) in [6.07, 6.45) is 0. The second-order valence-corrected chi connectivity index (χ2v) is 11.6. The molecule has 0 aliphatic carbocycles. The van der Waals surface area contributed by atoms with Crippen LogP contribution in [0.25, 0.3) is 10.6 Å². The first-order valence-electron chi connectivity index (χ1n) is 9.02. The molecule has 2 aromatic heterocycles. The predicted octanol–water partition coefficient (Wildman–Crippen LogP) is 6.00. The first-order chi connectivity index (χ1) is 14.8. The Morgan fingerprint density at radius 3 is 2.55 bits per heavy atom. The van der Waals surface area contributed by atoms with E-state index in [1.165, 1.54) is 17.4 Å². The fourth-order valence-electron chi connectivity index (χ4n) is 2.72. The van der Waals surface area contributed by atoms with Crippen molar-refractivity contribution in [1.82, 2.24) is 4.98 Å². The molecule has 0 unspecified atom stereocenters. The Morgan fingerprint density at radius 1 is 1.06 bits per heavy atom. The van der Waals surface area contributed by atoms with Gasteiger partial charge in [0.15, 0.2) is 5.13 Å². The van der Waals surface area contributed by atoms with E-state index in [1.54, 1.807) is 53.8 Å². The first-order valence-corrected chi connectivity index (χ1v) is 13.0. The van der Waals surface area contributed by atoms with Crippen LogP contribution in [0.15, 0.2) is 74.7 Å². The van der Waals surface area contributed by atoms with E-state index in [-0.39, 0.29) is 10.8 Å². The Balaban J connectivity index is 1.48. The smallest absolute Gasteiger partial charge is 0.261 e. The summed E-state index contributed by atoms with van der Waals surface area (Å²) in [6.45, 7) is 1.89. The van der Waals surface area contributed by atoms with E-state index in [9.17, 15) is 13.2 Å². The van der Waals surface area contributed by atoms with Crippen molar-refractivity contribution in [1.29, 1.82) is 0 Å². The number of amides is 1. The van der Waals surface area contributed by atoms with Gasteiger partial charge < -0.3 is 0 Å². The summed E-state index contributed by atoms with van der Waals surface area (Å²) in [4.78, 5) is 18.3. The summed E-state index contributed by atoms with van der Waals surface area (Å²) in [5.74, 6) is -0.371. The average Bonchev–Trinajstić information content (AvgIpc) is 3.37. The molecule has 2 N–H and O–H groups in total. The van der Waals surface area contributed by atoms with Crippen LogP contribution < -0.4 is 10.0 Å². The normalized spacial score (nSPS) is 11.3. The highest BCUT2D eigenvalue weighted by Crippen LogP contribution is 2.33. The second-order valence-electron chi connectivity index (χ2n) is 6.60. The molecule has 4 aromatic rings. The Morgan fingerprint density at radius 2 is 1.84 bits per heavy atom. The van der Waals surface area contributed by atoms with E-state index in [1.807, 2.05) is 24.4 Å². The molecule has 0 aliphatic heterocycles. The van der Waals surface area contributed by atoms with Gasteiger partial charge in [-0.1, -0.05) is 23.8 Å². The van der Waals surface area contributed by atoms with Gasteiger partial charge in [-0.2, -0.15) is 0 Å². The lowest BCUT2D eigenvalue weighted by molar-refractivity contribution is 0.102. The molecule has 2 aromatic carbocycles. The Bertz CT molecular complexity index is 1350. The molecule has 0 bridgehead atoms. The summed E-state index contributed by atoms with van der Waals surface area (Å²) >= 11 is 6.31. The first kappa shape index (κ1) is 21.7. The number of thiazole rings is 1. The molecule has 158 valence electrons. The SMILES string of the molecule is Cc1ccc(S(=O)(=O)Nc2cccc(C(=O)Nc3nc(-c4ccc(Br)s4)cs3)c2)cc1. The molecule has 0 spiro atoms.